The Morgan fingerprint density at radius 1 is 0.351 bits per heavy atom. The molecule has 0 spiro atoms. The number of hydrogen-bond acceptors (Lipinski definition) is 2. The summed E-state index contributed by atoms with van der Waals surface area (Å²) in [7, 11) is 0. The zero-order chi connectivity index (χ0) is 40.4. The van der Waals surface area contributed by atoms with Gasteiger partial charge in [-0.2, -0.15) is 0 Å². The second-order valence-corrected chi connectivity index (χ2v) is 15.3. The smallest absolute Gasteiger partial charge is 0.0482 e. The molecule has 0 aliphatic carbocycles. The maximum Gasteiger partial charge on any atom is 0.0482 e. The van der Waals surface area contributed by atoms with Gasteiger partial charge in [0.05, 0.1) is 0 Å². The van der Waals surface area contributed by atoms with Crippen LogP contribution in [0.5, 0.6) is 0 Å². The molecule has 0 bridgehead atoms. The van der Waals surface area contributed by atoms with Gasteiger partial charge in [-0.05, 0) is 107 Å². The van der Waals surface area contributed by atoms with E-state index < -0.39 is 0 Å². The van der Waals surface area contributed by atoms with E-state index in [1.54, 1.807) is 6.08 Å². The van der Waals surface area contributed by atoms with Crippen LogP contribution >= 0.6 is 0 Å². The first-order valence-corrected chi connectivity index (χ1v) is 19.6. The standard InChI is InChI=1S/C52H48N2.C3H6/c1-7-39-22-26-41(27-23-39)51(3,4)43-30-34-47(35-31-43)53(45-16-11-9-12-17-45)49-20-15-21-50(38-49)54(46-18-13-10-14-19-46)48-36-32-44(33-37-48)52(5,6)42-28-24-40(8-2)25-29-42;1-3-2/h7-38H,1-2H2,3-6H3;3H,1H2,2H3. The van der Waals surface area contributed by atoms with E-state index in [1.165, 1.54) is 22.3 Å². The summed E-state index contributed by atoms with van der Waals surface area (Å²) in [6.45, 7) is 22.2. The van der Waals surface area contributed by atoms with Gasteiger partial charge in [0.25, 0.3) is 0 Å². The Kier molecular flexibility index (Phi) is 12.6. The Morgan fingerprint density at radius 3 is 0.912 bits per heavy atom. The molecule has 57 heavy (non-hydrogen) atoms. The molecular formula is C55H54N2. The van der Waals surface area contributed by atoms with Crippen LogP contribution < -0.4 is 9.80 Å². The number of nitrogens with zero attached hydrogens (tertiary/aromatic N) is 2. The number of hydrogen-bond donors (Lipinski definition) is 0. The maximum atomic E-state index is 3.92. The van der Waals surface area contributed by atoms with Gasteiger partial charge in [-0.1, -0.05) is 174 Å². The first-order valence-electron chi connectivity index (χ1n) is 19.6. The van der Waals surface area contributed by atoms with Crippen molar-refractivity contribution in [2.45, 2.75) is 45.4 Å². The zero-order valence-corrected chi connectivity index (χ0v) is 34.1. The minimum Gasteiger partial charge on any atom is -0.310 e. The van der Waals surface area contributed by atoms with Crippen LogP contribution in [-0.4, -0.2) is 0 Å². The lowest BCUT2D eigenvalue weighted by molar-refractivity contribution is 0.641. The number of allylic oxidation sites excluding steroid dienone is 1. The Labute approximate surface area is 341 Å². The van der Waals surface area contributed by atoms with E-state index in [4.69, 9.17) is 0 Å². The van der Waals surface area contributed by atoms with Gasteiger partial charge in [0.2, 0.25) is 0 Å². The van der Waals surface area contributed by atoms with E-state index in [0.717, 1.165) is 45.3 Å². The van der Waals surface area contributed by atoms with Gasteiger partial charge in [0.1, 0.15) is 0 Å². The van der Waals surface area contributed by atoms with E-state index in [9.17, 15) is 0 Å². The topological polar surface area (TPSA) is 6.48 Å². The molecule has 0 aliphatic rings. The summed E-state index contributed by atoms with van der Waals surface area (Å²) in [6.07, 6.45) is 5.53. The van der Waals surface area contributed by atoms with Crippen molar-refractivity contribution in [1.29, 1.82) is 0 Å². The normalized spacial score (nSPS) is 11.1. The van der Waals surface area contributed by atoms with E-state index in [1.807, 2.05) is 19.1 Å². The van der Waals surface area contributed by atoms with Gasteiger partial charge >= 0.3 is 0 Å². The lowest BCUT2D eigenvalue weighted by Gasteiger charge is -2.31. The van der Waals surface area contributed by atoms with Crippen LogP contribution in [0, 0.1) is 0 Å². The average Bonchev–Trinajstić information content (AvgIpc) is 3.25. The van der Waals surface area contributed by atoms with Crippen LogP contribution in [0.4, 0.5) is 34.1 Å². The molecule has 7 aromatic rings. The first kappa shape index (κ1) is 40.0. The minimum absolute atomic E-state index is 0.160. The van der Waals surface area contributed by atoms with Crippen LogP contribution in [0.3, 0.4) is 0 Å². The van der Waals surface area contributed by atoms with Crippen LogP contribution in [-0.2, 0) is 10.8 Å². The predicted octanol–water partition coefficient (Wildman–Crippen LogP) is 15.8. The quantitative estimate of drug-likeness (QED) is 0.115. The van der Waals surface area contributed by atoms with Crippen molar-refractivity contribution in [3.8, 4) is 0 Å². The van der Waals surface area contributed by atoms with Crippen molar-refractivity contribution in [3.05, 3.63) is 241 Å². The van der Waals surface area contributed by atoms with Crippen LogP contribution in [0.15, 0.2) is 208 Å². The molecule has 0 heterocycles. The monoisotopic (exact) mass is 742 g/mol. The van der Waals surface area contributed by atoms with E-state index in [2.05, 4.69) is 239 Å². The fraction of sp³-hybridized carbons (Fsp3) is 0.127. The van der Waals surface area contributed by atoms with Gasteiger partial charge in [-0.3, -0.25) is 0 Å². The highest BCUT2D eigenvalue weighted by Crippen LogP contribution is 2.42. The van der Waals surface area contributed by atoms with Crippen LogP contribution in [0.25, 0.3) is 12.2 Å². The number of anilines is 6. The van der Waals surface area contributed by atoms with Crippen molar-refractivity contribution >= 4 is 46.3 Å². The highest BCUT2D eigenvalue weighted by atomic mass is 15.2. The van der Waals surface area contributed by atoms with Crippen molar-refractivity contribution in [2.75, 3.05) is 9.80 Å². The molecule has 7 aromatic carbocycles. The van der Waals surface area contributed by atoms with Gasteiger partial charge < -0.3 is 9.80 Å². The largest absolute Gasteiger partial charge is 0.310 e. The fourth-order valence-electron chi connectivity index (χ4n) is 7.28. The number of para-hydroxylation sites is 2. The molecule has 0 amide bonds. The molecule has 2 nitrogen and oxygen atoms in total. The summed E-state index contributed by atoms with van der Waals surface area (Å²) in [4.78, 5) is 4.68. The lowest BCUT2D eigenvalue weighted by Crippen LogP contribution is -2.19. The molecule has 0 aromatic heterocycles. The summed E-state index contributed by atoms with van der Waals surface area (Å²) in [5, 5.41) is 0. The molecule has 0 radical (unpaired) electrons. The van der Waals surface area contributed by atoms with Gasteiger partial charge in [0.15, 0.2) is 0 Å². The Balaban J connectivity index is 0.00000177. The molecular weight excluding hydrogens is 689 g/mol. The zero-order valence-electron chi connectivity index (χ0n) is 34.1. The molecule has 0 saturated carbocycles. The van der Waals surface area contributed by atoms with Gasteiger partial charge in [0, 0.05) is 45.0 Å². The molecule has 0 aliphatic heterocycles. The molecule has 0 N–H and O–H groups in total. The Morgan fingerprint density at radius 2 is 0.614 bits per heavy atom. The van der Waals surface area contributed by atoms with E-state index >= 15 is 0 Å². The number of rotatable bonds is 12. The Hall–Kier alpha value is -6.64. The molecule has 0 atom stereocenters. The third kappa shape index (κ3) is 8.93. The Bertz CT molecular complexity index is 2200. The summed E-state index contributed by atoms with van der Waals surface area (Å²) in [6, 6.07) is 65.5. The van der Waals surface area contributed by atoms with Crippen LogP contribution in [0.2, 0.25) is 0 Å². The highest BCUT2D eigenvalue weighted by molar-refractivity contribution is 5.83. The SMILES string of the molecule is C=CC.C=Cc1ccc(C(C)(C)c2ccc(N(c3ccccc3)c3cccc(N(c4ccccc4)c4ccc(C(C)(C)c5ccc(C=C)cc5)cc4)c3)cc2)cc1. The van der Waals surface area contributed by atoms with Crippen molar-refractivity contribution in [2.24, 2.45) is 0 Å². The van der Waals surface area contributed by atoms with Crippen LogP contribution in [0.1, 0.15) is 68.0 Å². The summed E-state index contributed by atoms with van der Waals surface area (Å²) in [5.41, 5.74) is 13.5. The summed E-state index contributed by atoms with van der Waals surface area (Å²) in [5.74, 6) is 0. The summed E-state index contributed by atoms with van der Waals surface area (Å²) >= 11 is 0. The summed E-state index contributed by atoms with van der Waals surface area (Å²) < 4.78 is 0. The van der Waals surface area contributed by atoms with E-state index in [-0.39, 0.29) is 10.8 Å². The average molecular weight is 743 g/mol. The van der Waals surface area contributed by atoms with Crippen molar-refractivity contribution in [3.63, 3.8) is 0 Å². The third-order valence-electron chi connectivity index (χ3n) is 10.8. The molecule has 0 saturated heterocycles. The molecule has 7 rings (SSSR count). The number of benzene rings is 7. The minimum atomic E-state index is -0.160. The van der Waals surface area contributed by atoms with Crippen molar-refractivity contribution < 1.29 is 0 Å². The van der Waals surface area contributed by atoms with Gasteiger partial charge in [-0.15, -0.1) is 6.58 Å². The van der Waals surface area contributed by atoms with E-state index in [0.29, 0.717) is 0 Å². The van der Waals surface area contributed by atoms with Crippen molar-refractivity contribution in [1.82, 2.24) is 0 Å². The lowest BCUT2D eigenvalue weighted by atomic mass is 9.78. The molecule has 0 unspecified atom stereocenters. The predicted molar refractivity (Wildman–Crippen MR) is 249 cm³/mol. The molecule has 2 heteroatoms. The molecule has 0 fully saturated rings. The second kappa shape index (κ2) is 17.9. The fourth-order valence-corrected chi connectivity index (χ4v) is 7.28. The highest BCUT2D eigenvalue weighted by Gasteiger charge is 2.25. The van der Waals surface area contributed by atoms with Gasteiger partial charge in [-0.25, -0.2) is 0 Å². The first-order chi connectivity index (χ1) is 27.6. The molecule has 284 valence electrons. The second-order valence-electron chi connectivity index (χ2n) is 15.3. The maximum absolute atomic E-state index is 3.92. The third-order valence-corrected chi connectivity index (χ3v) is 10.8.